The molecule has 0 aromatic heterocycles. The van der Waals surface area contributed by atoms with Crippen LogP contribution in [0.3, 0.4) is 0 Å². The van der Waals surface area contributed by atoms with Gasteiger partial charge in [0.05, 0.1) is 20.6 Å². The van der Waals surface area contributed by atoms with Crippen molar-refractivity contribution in [3.63, 3.8) is 0 Å². The Bertz CT molecular complexity index is 1580. The lowest BCUT2D eigenvalue weighted by molar-refractivity contribution is -0.139. The molecule has 43 heavy (non-hydrogen) atoms. The van der Waals surface area contributed by atoms with Crippen LogP contribution in [0.25, 0.3) is 0 Å². The molecule has 0 radical (unpaired) electrons. The molecule has 1 atom stereocenters. The van der Waals surface area contributed by atoms with Gasteiger partial charge in [0.25, 0.3) is 10.0 Å². The van der Waals surface area contributed by atoms with Gasteiger partial charge in [-0.3, -0.25) is 13.9 Å². The van der Waals surface area contributed by atoms with Crippen LogP contribution >= 0.6 is 34.8 Å². The van der Waals surface area contributed by atoms with Gasteiger partial charge in [-0.15, -0.1) is 0 Å². The normalized spacial score (nSPS) is 14.7. The highest BCUT2D eigenvalue weighted by atomic mass is 35.5. The monoisotopic (exact) mass is 663 g/mol. The van der Waals surface area contributed by atoms with E-state index in [1.54, 1.807) is 56.3 Å². The maximum atomic E-state index is 14.2. The molecule has 4 rings (SSSR count). The first-order chi connectivity index (χ1) is 20.4. The van der Waals surface area contributed by atoms with E-state index < -0.39 is 28.5 Å². The number of benzene rings is 3. The largest absolute Gasteiger partial charge is 0.352 e. The number of amides is 2. The highest BCUT2D eigenvalue weighted by molar-refractivity contribution is 7.92. The highest BCUT2D eigenvalue weighted by Gasteiger charge is 2.34. The molecule has 0 aliphatic heterocycles. The summed E-state index contributed by atoms with van der Waals surface area (Å²) < 4.78 is 29.2. The van der Waals surface area contributed by atoms with E-state index in [1.807, 2.05) is 6.92 Å². The number of nitrogens with zero attached hydrogens (tertiary/aromatic N) is 2. The van der Waals surface area contributed by atoms with Crippen LogP contribution in [0.1, 0.15) is 55.7 Å². The number of hydrogen-bond donors (Lipinski definition) is 1. The van der Waals surface area contributed by atoms with Crippen LogP contribution in [-0.4, -0.2) is 43.8 Å². The lowest BCUT2D eigenvalue weighted by atomic mass is 9.95. The van der Waals surface area contributed by atoms with Gasteiger partial charge in [-0.2, -0.15) is 0 Å². The minimum Gasteiger partial charge on any atom is -0.352 e. The SMILES string of the molecule is Cc1ccc(S(=O)(=O)N(CC(=O)N(Cc2ccc(Cl)c(Cl)c2)C(C)C(=O)NC2CCCCC2)c2cc(Cl)ccc2C)cc1. The van der Waals surface area contributed by atoms with E-state index in [2.05, 4.69) is 5.32 Å². The standard InChI is InChI=1S/C32H36Cl3N3O4S/c1-21-9-14-27(15-10-21)43(41,42)38(30-18-25(33)13-11-22(30)2)20-31(39)37(19-24-12-16-28(34)29(35)17-24)23(3)32(40)36-26-7-5-4-6-8-26/h9-18,23,26H,4-8,19-20H2,1-3H3,(H,36,40). The molecule has 11 heteroatoms. The fourth-order valence-corrected chi connectivity index (χ4v) is 7.15. The number of rotatable bonds is 10. The van der Waals surface area contributed by atoms with Crippen LogP contribution in [0, 0.1) is 13.8 Å². The number of carbonyl (C=O) groups is 2. The Balaban J connectivity index is 1.72. The topological polar surface area (TPSA) is 86.8 Å². The zero-order chi connectivity index (χ0) is 31.3. The number of halogens is 3. The summed E-state index contributed by atoms with van der Waals surface area (Å²) in [6, 6.07) is 15.4. The number of aryl methyl sites for hydroxylation is 2. The molecule has 1 saturated carbocycles. The molecule has 1 aliphatic rings. The van der Waals surface area contributed by atoms with E-state index in [9.17, 15) is 18.0 Å². The summed E-state index contributed by atoms with van der Waals surface area (Å²) in [5.74, 6) is -0.861. The summed E-state index contributed by atoms with van der Waals surface area (Å²) in [4.78, 5) is 29.1. The number of sulfonamides is 1. The fraction of sp³-hybridized carbons (Fsp3) is 0.375. The summed E-state index contributed by atoms with van der Waals surface area (Å²) in [5, 5.41) is 4.09. The number of nitrogens with one attached hydrogen (secondary N) is 1. The molecule has 1 aliphatic carbocycles. The second-order valence-corrected chi connectivity index (χ2v) is 14.2. The molecule has 3 aromatic carbocycles. The van der Waals surface area contributed by atoms with E-state index in [0.717, 1.165) is 42.0 Å². The van der Waals surface area contributed by atoms with Gasteiger partial charge < -0.3 is 10.2 Å². The summed E-state index contributed by atoms with van der Waals surface area (Å²) in [6.07, 6.45) is 4.98. The summed E-state index contributed by atoms with van der Waals surface area (Å²) in [7, 11) is -4.20. The van der Waals surface area contributed by atoms with E-state index in [-0.39, 0.29) is 29.1 Å². The van der Waals surface area contributed by atoms with E-state index in [4.69, 9.17) is 34.8 Å². The van der Waals surface area contributed by atoms with Crippen molar-refractivity contribution in [1.82, 2.24) is 10.2 Å². The van der Waals surface area contributed by atoms with Crippen molar-refractivity contribution in [2.75, 3.05) is 10.8 Å². The Kier molecular flexibility index (Phi) is 11.0. The Morgan fingerprint density at radius 1 is 0.907 bits per heavy atom. The molecule has 1 unspecified atom stereocenters. The first-order valence-corrected chi connectivity index (χ1v) is 16.8. The Morgan fingerprint density at radius 3 is 2.23 bits per heavy atom. The van der Waals surface area contributed by atoms with Gasteiger partial charge in [0.2, 0.25) is 11.8 Å². The van der Waals surface area contributed by atoms with Crippen molar-refractivity contribution < 1.29 is 18.0 Å². The zero-order valence-corrected chi connectivity index (χ0v) is 27.5. The Hall–Kier alpha value is -2.78. The molecule has 0 spiro atoms. The Morgan fingerprint density at radius 2 is 1.58 bits per heavy atom. The van der Waals surface area contributed by atoms with Crippen LogP contribution < -0.4 is 9.62 Å². The predicted molar refractivity (Wildman–Crippen MR) is 173 cm³/mol. The van der Waals surface area contributed by atoms with Crippen molar-refractivity contribution in [1.29, 1.82) is 0 Å². The first kappa shape index (κ1) is 33.1. The molecule has 1 N–H and O–H groups in total. The third kappa shape index (κ3) is 8.24. The minimum atomic E-state index is -4.20. The lowest BCUT2D eigenvalue weighted by Gasteiger charge is -2.33. The van der Waals surface area contributed by atoms with Gasteiger partial charge in [0.15, 0.2) is 0 Å². The zero-order valence-electron chi connectivity index (χ0n) is 24.4. The van der Waals surface area contributed by atoms with Gasteiger partial charge in [-0.05, 0) is 81.1 Å². The molecule has 0 bridgehead atoms. The van der Waals surface area contributed by atoms with E-state index >= 15 is 0 Å². The third-order valence-corrected chi connectivity index (χ3v) is 10.5. The number of carbonyl (C=O) groups excluding carboxylic acids is 2. The van der Waals surface area contributed by atoms with Crippen molar-refractivity contribution in [3.8, 4) is 0 Å². The Labute approximate surface area is 269 Å². The second-order valence-electron chi connectivity index (χ2n) is 11.0. The van der Waals surface area contributed by atoms with E-state index in [1.165, 1.54) is 23.1 Å². The fourth-order valence-electron chi connectivity index (χ4n) is 5.19. The maximum Gasteiger partial charge on any atom is 0.264 e. The number of anilines is 1. The third-order valence-electron chi connectivity index (χ3n) is 7.78. The van der Waals surface area contributed by atoms with Crippen LogP contribution in [0.5, 0.6) is 0 Å². The van der Waals surface area contributed by atoms with Gasteiger partial charge in [0, 0.05) is 17.6 Å². The lowest BCUT2D eigenvalue weighted by Crippen LogP contribution is -2.53. The smallest absolute Gasteiger partial charge is 0.264 e. The van der Waals surface area contributed by atoms with Crippen LogP contribution in [0.2, 0.25) is 15.1 Å². The second kappa shape index (κ2) is 14.3. The van der Waals surface area contributed by atoms with Gasteiger partial charge in [-0.1, -0.05) is 83.9 Å². The van der Waals surface area contributed by atoms with Crippen molar-refractivity contribution in [3.05, 3.63) is 92.4 Å². The highest BCUT2D eigenvalue weighted by Crippen LogP contribution is 2.31. The molecular formula is C32H36Cl3N3O4S. The van der Waals surface area contributed by atoms with Crippen LogP contribution in [0.4, 0.5) is 5.69 Å². The molecule has 0 saturated heterocycles. The average molecular weight is 665 g/mol. The minimum absolute atomic E-state index is 0.0158. The summed E-state index contributed by atoms with van der Waals surface area (Å²) >= 11 is 18.7. The molecule has 0 heterocycles. The van der Waals surface area contributed by atoms with Crippen LogP contribution in [-0.2, 0) is 26.2 Å². The van der Waals surface area contributed by atoms with Gasteiger partial charge in [-0.25, -0.2) is 8.42 Å². The van der Waals surface area contributed by atoms with Gasteiger partial charge >= 0.3 is 0 Å². The van der Waals surface area contributed by atoms with Crippen LogP contribution in [0.15, 0.2) is 65.6 Å². The predicted octanol–water partition coefficient (Wildman–Crippen LogP) is 7.33. The summed E-state index contributed by atoms with van der Waals surface area (Å²) in [5.41, 5.74) is 2.43. The molecular weight excluding hydrogens is 629 g/mol. The summed E-state index contributed by atoms with van der Waals surface area (Å²) in [6.45, 7) is 4.72. The van der Waals surface area contributed by atoms with Crippen molar-refractivity contribution in [2.24, 2.45) is 0 Å². The molecule has 3 aromatic rings. The molecule has 230 valence electrons. The van der Waals surface area contributed by atoms with Gasteiger partial charge in [0.1, 0.15) is 12.6 Å². The molecule has 2 amide bonds. The molecule has 7 nitrogen and oxygen atoms in total. The van der Waals surface area contributed by atoms with E-state index in [0.29, 0.717) is 26.2 Å². The van der Waals surface area contributed by atoms with Crippen molar-refractivity contribution >= 4 is 62.3 Å². The number of hydrogen-bond acceptors (Lipinski definition) is 4. The quantitative estimate of drug-likeness (QED) is 0.246. The average Bonchev–Trinajstić information content (AvgIpc) is 2.98. The van der Waals surface area contributed by atoms with Crippen molar-refractivity contribution in [2.45, 2.75) is 76.4 Å². The maximum absolute atomic E-state index is 14.2. The first-order valence-electron chi connectivity index (χ1n) is 14.3. The molecule has 1 fully saturated rings.